The number of sulfone groups is 1. The molecule has 1 atom stereocenters. The first-order chi connectivity index (χ1) is 11.9. The Hall–Kier alpha value is -1.93. The first-order valence-electron chi connectivity index (χ1n) is 8.50. The maximum absolute atomic E-state index is 12.9. The van der Waals surface area contributed by atoms with Gasteiger partial charge in [-0.2, -0.15) is 0 Å². The second-order valence-corrected chi connectivity index (χ2v) is 8.79. The van der Waals surface area contributed by atoms with Crippen molar-refractivity contribution in [3.63, 3.8) is 0 Å². The van der Waals surface area contributed by atoms with Crippen LogP contribution in [0.4, 0.5) is 0 Å². The molecule has 1 aliphatic heterocycles. The highest BCUT2D eigenvalue weighted by atomic mass is 32.2. The number of hydrogen-bond donors (Lipinski definition) is 1. The quantitative estimate of drug-likeness (QED) is 0.851. The van der Waals surface area contributed by atoms with Crippen molar-refractivity contribution >= 4 is 26.8 Å². The van der Waals surface area contributed by atoms with E-state index < -0.39 is 9.84 Å². The number of hydrogen-bond acceptors (Lipinski definition) is 5. The number of piperidine rings is 1. The summed E-state index contributed by atoms with van der Waals surface area (Å²) in [6.07, 6.45) is 4.15. The second kappa shape index (κ2) is 7.13. The number of likely N-dealkylation sites (tertiary alicyclic amines) is 1. The van der Waals surface area contributed by atoms with Gasteiger partial charge in [-0.15, -0.1) is 0 Å². The van der Waals surface area contributed by atoms with E-state index in [1.165, 1.54) is 6.26 Å². The lowest BCUT2D eigenvalue weighted by molar-refractivity contribution is -0.135. The summed E-state index contributed by atoms with van der Waals surface area (Å²) < 4.78 is 25.2. The van der Waals surface area contributed by atoms with Crippen molar-refractivity contribution in [3.8, 4) is 0 Å². The number of benzene rings is 1. The Bertz CT molecular complexity index is 875. The maximum Gasteiger partial charge on any atom is 0.242 e. The molecule has 2 aromatic rings. The minimum absolute atomic E-state index is 0.0342. The van der Waals surface area contributed by atoms with E-state index in [-0.39, 0.29) is 24.2 Å². The van der Waals surface area contributed by atoms with Crippen molar-refractivity contribution in [2.24, 2.45) is 5.73 Å². The van der Waals surface area contributed by atoms with Gasteiger partial charge in [0, 0.05) is 25.4 Å². The van der Waals surface area contributed by atoms with E-state index in [1.807, 2.05) is 29.2 Å². The summed E-state index contributed by atoms with van der Waals surface area (Å²) in [5, 5.41) is 0. The molecule has 1 unspecified atom stereocenters. The molecule has 136 valence electrons. The molecule has 2 N–H and O–H groups in total. The Balaban J connectivity index is 1.93. The third kappa shape index (κ3) is 4.01. The minimum atomic E-state index is -3.25. The Labute approximate surface area is 147 Å². The van der Waals surface area contributed by atoms with Crippen LogP contribution in [0.3, 0.4) is 0 Å². The Morgan fingerprint density at radius 2 is 2.08 bits per heavy atom. The van der Waals surface area contributed by atoms with Gasteiger partial charge in [-0.05, 0) is 31.4 Å². The van der Waals surface area contributed by atoms with Crippen molar-refractivity contribution < 1.29 is 13.2 Å². The summed E-state index contributed by atoms with van der Waals surface area (Å²) in [5.41, 5.74) is 7.29. The largest absolute Gasteiger partial charge is 0.337 e. The molecule has 1 amide bonds. The summed E-state index contributed by atoms with van der Waals surface area (Å²) in [6, 6.07) is 7.46. The highest BCUT2D eigenvalue weighted by molar-refractivity contribution is 7.89. The first kappa shape index (κ1) is 17.9. The summed E-state index contributed by atoms with van der Waals surface area (Å²) in [6.45, 7) is 1.24. The van der Waals surface area contributed by atoms with E-state index in [9.17, 15) is 13.2 Å². The molecule has 3 rings (SSSR count). The van der Waals surface area contributed by atoms with Crippen LogP contribution in [0.5, 0.6) is 0 Å². The van der Waals surface area contributed by atoms with Gasteiger partial charge in [0.2, 0.25) is 5.91 Å². The van der Waals surface area contributed by atoms with E-state index in [4.69, 9.17) is 5.73 Å². The van der Waals surface area contributed by atoms with Gasteiger partial charge >= 0.3 is 0 Å². The number of imidazole rings is 1. The SMILES string of the molecule is CS(=O)(=O)Cc1nc2ccccc2n1CC(=O)N1CCCCC1CN. The normalized spacial score (nSPS) is 18.6. The van der Waals surface area contributed by atoms with Gasteiger partial charge in [-0.1, -0.05) is 12.1 Å². The summed E-state index contributed by atoms with van der Waals surface area (Å²) in [4.78, 5) is 19.1. The van der Waals surface area contributed by atoms with Crippen LogP contribution in [-0.4, -0.2) is 54.2 Å². The van der Waals surface area contributed by atoms with Crippen LogP contribution in [0, 0.1) is 0 Å². The molecular formula is C17H24N4O3S. The molecule has 0 spiro atoms. The fourth-order valence-electron chi connectivity index (χ4n) is 3.45. The van der Waals surface area contributed by atoms with Crippen molar-refractivity contribution in [2.45, 2.75) is 37.6 Å². The molecule has 1 fully saturated rings. The van der Waals surface area contributed by atoms with Crippen LogP contribution < -0.4 is 5.73 Å². The Morgan fingerprint density at radius 3 is 2.80 bits per heavy atom. The molecule has 2 heterocycles. The highest BCUT2D eigenvalue weighted by Crippen LogP contribution is 2.20. The number of nitrogens with zero attached hydrogens (tertiary/aromatic N) is 3. The van der Waals surface area contributed by atoms with E-state index in [1.54, 1.807) is 4.57 Å². The van der Waals surface area contributed by atoms with Crippen LogP contribution in [0.15, 0.2) is 24.3 Å². The smallest absolute Gasteiger partial charge is 0.242 e. The van der Waals surface area contributed by atoms with E-state index >= 15 is 0 Å². The standard InChI is InChI=1S/C17H24N4O3S/c1-25(23,24)12-16-19-14-7-2-3-8-15(14)21(16)11-17(22)20-9-5-4-6-13(20)10-18/h2-3,7-8,13H,4-6,9-12,18H2,1H3. The summed E-state index contributed by atoms with van der Waals surface area (Å²) in [7, 11) is -3.25. The number of aromatic nitrogens is 2. The maximum atomic E-state index is 12.9. The third-order valence-electron chi connectivity index (χ3n) is 4.64. The number of nitrogens with two attached hydrogens (primary N) is 1. The van der Waals surface area contributed by atoms with Gasteiger partial charge in [-0.25, -0.2) is 13.4 Å². The predicted molar refractivity (Wildman–Crippen MR) is 96.7 cm³/mol. The number of para-hydroxylation sites is 2. The fourth-order valence-corrected chi connectivity index (χ4v) is 4.14. The minimum Gasteiger partial charge on any atom is -0.337 e. The van der Waals surface area contributed by atoms with E-state index in [0.29, 0.717) is 24.4 Å². The van der Waals surface area contributed by atoms with Crippen LogP contribution in [-0.2, 0) is 26.9 Å². The molecule has 0 radical (unpaired) electrons. The van der Waals surface area contributed by atoms with Gasteiger partial charge < -0.3 is 15.2 Å². The molecule has 7 nitrogen and oxygen atoms in total. The van der Waals surface area contributed by atoms with E-state index in [0.717, 1.165) is 24.8 Å². The van der Waals surface area contributed by atoms with Crippen molar-refractivity contribution in [2.75, 3.05) is 19.3 Å². The zero-order valence-corrected chi connectivity index (χ0v) is 15.2. The van der Waals surface area contributed by atoms with Gasteiger partial charge in [0.1, 0.15) is 18.1 Å². The Kier molecular flexibility index (Phi) is 5.10. The molecule has 0 saturated carbocycles. The average Bonchev–Trinajstić information content (AvgIpc) is 2.90. The number of amides is 1. The van der Waals surface area contributed by atoms with Crippen molar-refractivity contribution in [1.82, 2.24) is 14.5 Å². The third-order valence-corrected chi connectivity index (χ3v) is 5.42. The molecule has 0 bridgehead atoms. The summed E-state index contributed by atoms with van der Waals surface area (Å²) >= 11 is 0. The van der Waals surface area contributed by atoms with Crippen molar-refractivity contribution in [3.05, 3.63) is 30.1 Å². The van der Waals surface area contributed by atoms with Crippen LogP contribution in [0.1, 0.15) is 25.1 Å². The summed E-state index contributed by atoms with van der Waals surface area (Å²) in [5.74, 6) is 0.182. The van der Waals surface area contributed by atoms with Gasteiger partial charge in [0.25, 0.3) is 0 Å². The zero-order chi connectivity index (χ0) is 18.0. The number of fused-ring (bicyclic) bond motifs is 1. The molecular weight excluding hydrogens is 340 g/mol. The molecule has 1 aromatic carbocycles. The van der Waals surface area contributed by atoms with Crippen LogP contribution in [0.25, 0.3) is 11.0 Å². The van der Waals surface area contributed by atoms with Crippen LogP contribution in [0.2, 0.25) is 0 Å². The molecule has 0 aliphatic carbocycles. The van der Waals surface area contributed by atoms with Gasteiger partial charge in [-0.3, -0.25) is 4.79 Å². The molecule has 1 aromatic heterocycles. The molecule has 25 heavy (non-hydrogen) atoms. The highest BCUT2D eigenvalue weighted by Gasteiger charge is 2.27. The van der Waals surface area contributed by atoms with Gasteiger partial charge in [0.15, 0.2) is 9.84 Å². The molecule has 1 aliphatic rings. The number of rotatable bonds is 5. The lowest BCUT2D eigenvalue weighted by Gasteiger charge is -2.35. The number of carbonyl (C=O) groups is 1. The second-order valence-electron chi connectivity index (χ2n) is 6.65. The number of carbonyl (C=O) groups excluding carboxylic acids is 1. The average molecular weight is 364 g/mol. The molecule has 1 saturated heterocycles. The monoisotopic (exact) mass is 364 g/mol. The zero-order valence-electron chi connectivity index (χ0n) is 14.4. The predicted octanol–water partition coefficient (Wildman–Crippen LogP) is 0.921. The topological polar surface area (TPSA) is 98.3 Å². The van der Waals surface area contributed by atoms with Gasteiger partial charge in [0.05, 0.1) is 11.0 Å². The van der Waals surface area contributed by atoms with E-state index in [2.05, 4.69) is 4.98 Å². The first-order valence-corrected chi connectivity index (χ1v) is 10.6. The lowest BCUT2D eigenvalue weighted by Crippen LogP contribution is -2.48. The Morgan fingerprint density at radius 1 is 1.32 bits per heavy atom. The molecule has 8 heteroatoms. The van der Waals surface area contributed by atoms with Crippen LogP contribution >= 0.6 is 0 Å². The lowest BCUT2D eigenvalue weighted by atomic mass is 10.0. The van der Waals surface area contributed by atoms with Crippen molar-refractivity contribution in [1.29, 1.82) is 0 Å². The fraction of sp³-hybridized carbons (Fsp3) is 0.529.